The molecule has 1 aromatic carbocycles. The van der Waals surface area contributed by atoms with Gasteiger partial charge in [-0.25, -0.2) is 8.78 Å². The highest BCUT2D eigenvalue weighted by Gasteiger charge is 2.27. The van der Waals surface area contributed by atoms with Crippen LogP contribution in [0.5, 0.6) is 0 Å². The van der Waals surface area contributed by atoms with Crippen molar-refractivity contribution in [2.75, 3.05) is 24.6 Å². The first kappa shape index (κ1) is 13.5. The molecule has 0 aromatic heterocycles. The second-order valence-electron chi connectivity index (χ2n) is 4.56. The number of nitrogens with two attached hydrogens (primary N) is 1. The highest BCUT2D eigenvalue weighted by atomic mass is 19.1. The summed E-state index contributed by atoms with van der Waals surface area (Å²) in [6, 6.07) is 2.06. The Morgan fingerprint density at radius 1 is 1.42 bits per heavy atom. The van der Waals surface area contributed by atoms with Gasteiger partial charge in [-0.2, -0.15) is 0 Å². The lowest BCUT2D eigenvalue weighted by Gasteiger charge is -2.20. The lowest BCUT2D eigenvalue weighted by atomic mass is 10.1. The minimum atomic E-state index is -0.764. The van der Waals surface area contributed by atoms with Crippen molar-refractivity contribution in [3.05, 3.63) is 29.3 Å². The number of amidine groups is 1. The van der Waals surface area contributed by atoms with E-state index < -0.39 is 11.6 Å². The average Bonchev–Trinajstić information content (AvgIpc) is 2.85. The number of anilines is 1. The van der Waals surface area contributed by atoms with E-state index in [9.17, 15) is 8.78 Å². The molecule has 1 unspecified atom stereocenters. The molecule has 104 valence electrons. The van der Waals surface area contributed by atoms with Gasteiger partial charge in [0.1, 0.15) is 17.3 Å². The van der Waals surface area contributed by atoms with Crippen molar-refractivity contribution in [2.45, 2.75) is 6.42 Å². The maximum Gasteiger partial charge on any atom is 0.170 e. The fourth-order valence-electron chi connectivity index (χ4n) is 2.26. The molecule has 0 saturated carbocycles. The summed E-state index contributed by atoms with van der Waals surface area (Å²) in [7, 11) is 0. The summed E-state index contributed by atoms with van der Waals surface area (Å²) in [4.78, 5) is 1.56. The largest absolute Gasteiger partial charge is 0.409 e. The molecule has 5 nitrogen and oxygen atoms in total. The minimum absolute atomic E-state index is 0.00192. The van der Waals surface area contributed by atoms with Crippen molar-refractivity contribution in [3.8, 4) is 0 Å². The maximum absolute atomic E-state index is 14.0. The summed E-state index contributed by atoms with van der Waals surface area (Å²) < 4.78 is 27.9. The van der Waals surface area contributed by atoms with E-state index in [1.165, 1.54) is 0 Å². The number of nitrogens with zero attached hydrogens (tertiary/aromatic N) is 2. The molecule has 0 radical (unpaired) electrons. The van der Waals surface area contributed by atoms with Crippen LogP contribution in [0.1, 0.15) is 12.0 Å². The van der Waals surface area contributed by atoms with Crippen LogP contribution in [-0.2, 0) is 0 Å². The van der Waals surface area contributed by atoms with E-state index in [-0.39, 0.29) is 29.6 Å². The van der Waals surface area contributed by atoms with Crippen molar-refractivity contribution < 1.29 is 19.1 Å². The van der Waals surface area contributed by atoms with E-state index in [2.05, 4.69) is 5.16 Å². The predicted octanol–water partition coefficient (Wildman–Crippen LogP) is 0.878. The van der Waals surface area contributed by atoms with Crippen LogP contribution in [0, 0.1) is 17.6 Å². The minimum Gasteiger partial charge on any atom is -0.409 e. The fourth-order valence-corrected chi connectivity index (χ4v) is 2.26. The van der Waals surface area contributed by atoms with E-state index in [0.29, 0.717) is 19.5 Å². The lowest BCUT2D eigenvalue weighted by Crippen LogP contribution is -2.24. The molecule has 1 saturated heterocycles. The van der Waals surface area contributed by atoms with Crippen molar-refractivity contribution in [1.29, 1.82) is 0 Å². The average molecular weight is 271 g/mol. The zero-order valence-electron chi connectivity index (χ0n) is 10.2. The molecule has 19 heavy (non-hydrogen) atoms. The van der Waals surface area contributed by atoms with Gasteiger partial charge in [0.25, 0.3) is 0 Å². The molecule has 1 aromatic rings. The van der Waals surface area contributed by atoms with Gasteiger partial charge in [0.2, 0.25) is 0 Å². The molecule has 1 aliphatic rings. The lowest BCUT2D eigenvalue weighted by molar-refractivity contribution is 0.238. The van der Waals surface area contributed by atoms with Gasteiger partial charge in [-0.3, -0.25) is 0 Å². The van der Waals surface area contributed by atoms with Gasteiger partial charge in [-0.05, 0) is 18.6 Å². The van der Waals surface area contributed by atoms with E-state index in [1.54, 1.807) is 4.90 Å². The van der Waals surface area contributed by atoms with Crippen LogP contribution in [0.15, 0.2) is 17.3 Å². The van der Waals surface area contributed by atoms with Gasteiger partial charge in [0, 0.05) is 31.2 Å². The third-order valence-electron chi connectivity index (χ3n) is 3.28. The monoisotopic (exact) mass is 271 g/mol. The first-order valence-corrected chi connectivity index (χ1v) is 5.89. The van der Waals surface area contributed by atoms with Crippen molar-refractivity contribution >= 4 is 11.5 Å². The molecule has 0 bridgehead atoms. The van der Waals surface area contributed by atoms with Crippen LogP contribution in [-0.4, -0.2) is 35.8 Å². The first-order chi connectivity index (χ1) is 9.06. The SMILES string of the molecule is N/C(=N/O)c1cc(F)c(N2CCC(CO)C2)c(F)c1. The molecule has 2 rings (SSSR count). The van der Waals surface area contributed by atoms with Crippen LogP contribution in [0.3, 0.4) is 0 Å². The van der Waals surface area contributed by atoms with E-state index >= 15 is 0 Å². The summed E-state index contributed by atoms with van der Waals surface area (Å²) in [6.45, 7) is 0.900. The second kappa shape index (κ2) is 5.40. The Bertz CT molecular complexity index is 485. The van der Waals surface area contributed by atoms with E-state index in [4.69, 9.17) is 16.0 Å². The Hall–Kier alpha value is -1.89. The van der Waals surface area contributed by atoms with Gasteiger partial charge in [0.05, 0.1) is 0 Å². The van der Waals surface area contributed by atoms with Gasteiger partial charge in [0.15, 0.2) is 5.84 Å². The van der Waals surface area contributed by atoms with Crippen molar-refractivity contribution in [3.63, 3.8) is 0 Å². The summed E-state index contributed by atoms with van der Waals surface area (Å²) in [6.07, 6.45) is 0.692. The maximum atomic E-state index is 14.0. The number of rotatable bonds is 3. The molecule has 7 heteroatoms. The normalized spacial score (nSPS) is 20.1. The van der Waals surface area contributed by atoms with E-state index in [0.717, 1.165) is 12.1 Å². The summed E-state index contributed by atoms with van der Waals surface area (Å²) in [5, 5.41) is 20.2. The number of halogens is 2. The number of oxime groups is 1. The predicted molar refractivity (Wildman–Crippen MR) is 66.3 cm³/mol. The summed E-state index contributed by atoms with van der Waals surface area (Å²) in [5.74, 6) is -1.85. The summed E-state index contributed by atoms with van der Waals surface area (Å²) in [5.41, 5.74) is 5.15. The molecule has 1 atom stereocenters. The second-order valence-corrected chi connectivity index (χ2v) is 4.56. The van der Waals surface area contributed by atoms with Gasteiger partial charge < -0.3 is 20.9 Å². The van der Waals surface area contributed by atoms with Gasteiger partial charge >= 0.3 is 0 Å². The highest BCUT2D eigenvalue weighted by molar-refractivity contribution is 5.97. The quantitative estimate of drug-likeness (QED) is 0.330. The molecular formula is C12H15F2N3O2. The number of aliphatic hydroxyl groups is 1. The zero-order chi connectivity index (χ0) is 14.0. The Kier molecular flexibility index (Phi) is 3.84. The van der Waals surface area contributed by atoms with Crippen molar-refractivity contribution in [2.24, 2.45) is 16.8 Å². The molecular weight excluding hydrogens is 256 g/mol. The molecule has 1 fully saturated rings. The topological polar surface area (TPSA) is 82.1 Å². The Morgan fingerprint density at radius 3 is 2.53 bits per heavy atom. The van der Waals surface area contributed by atoms with Crippen molar-refractivity contribution in [1.82, 2.24) is 0 Å². The smallest absolute Gasteiger partial charge is 0.170 e. The van der Waals surface area contributed by atoms with Crippen LogP contribution >= 0.6 is 0 Å². The fraction of sp³-hybridized carbons (Fsp3) is 0.417. The van der Waals surface area contributed by atoms with Crippen LogP contribution < -0.4 is 10.6 Å². The molecule has 0 amide bonds. The molecule has 0 spiro atoms. The highest BCUT2D eigenvalue weighted by Crippen LogP contribution is 2.29. The Morgan fingerprint density at radius 2 is 2.05 bits per heavy atom. The first-order valence-electron chi connectivity index (χ1n) is 5.89. The number of aliphatic hydroxyl groups excluding tert-OH is 1. The Labute approximate surface area is 108 Å². The molecule has 1 heterocycles. The third-order valence-corrected chi connectivity index (χ3v) is 3.28. The third kappa shape index (κ3) is 2.60. The number of hydrogen-bond donors (Lipinski definition) is 3. The molecule has 4 N–H and O–H groups in total. The zero-order valence-corrected chi connectivity index (χ0v) is 10.2. The molecule has 1 aliphatic heterocycles. The van der Waals surface area contributed by atoms with Gasteiger partial charge in [-0.1, -0.05) is 5.16 Å². The van der Waals surface area contributed by atoms with Crippen LogP contribution in [0.2, 0.25) is 0 Å². The number of benzene rings is 1. The van der Waals surface area contributed by atoms with Gasteiger partial charge in [-0.15, -0.1) is 0 Å². The summed E-state index contributed by atoms with van der Waals surface area (Å²) >= 11 is 0. The Balaban J connectivity index is 2.32. The van der Waals surface area contributed by atoms with Crippen LogP contribution in [0.25, 0.3) is 0 Å². The number of hydrogen-bond acceptors (Lipinski definition) is 4. The van der Waals surface area contributed by atoms with E-state index in [1.807, 2.05) is 0 Å². The molecule has 0 aliphatic carbocycles. The standard InChI is InChI=1S/C12H15F2N3O2/c13-9-3-8(12(15)16-19)4-10(14)11(9)17-2-1-7(5-17)6-18/h3-4,7,18-19H,1-2,5-6H2,(H2,15,16). The van der Waals surface area contributed by atoms with Crippen LogP contribution in [0.4, 0.5) is 14.5 Å².